The van der Waals surface area contributed by atoms with Crippen LogP contribution in [0.15, 0.2) is 42.5 Å². The first-order valence-electron chi connectivity index (χ1n) is 6.62. The van der Waals surface area contributed by atoms with E-state index in [2.05, 4.69) is 5.32 Å². The van der Waals surface area contributed by atoms with Crippen LogP contribution >= 0.6 is 0 Å². The maximum atomic E-state index is 11.9. The third-order valence-electron chi connectivity index (χ3n) is 2.92. The van der Waals surface area contributed by atoms with Gasteiger partial charge in [-0.05, 0) is 30.3 Å². The van der Waals surface area contributed by atoms with Crippen molar-refractivity contribution in [2.45, 2.75) is 0 Å². The fourth-order valence-corrected chi connectivity index (χ4v) is 1.84. The molecular formula is C16H15NO6. The predicted octanol–water partition coefficient (Wildman–Crippen LogP) is 2.12. The van der Waals surface area contributed by atoms with Crippen molar-refractivity contribution in [2.24, 2.45) is 0 Å². The second kappa shape index (κ2) is 7.17. The molecule has 0 spiro atoms. The average Bonchev–Trinajstić information content (AvgIpc) is 2.54. The molecule has 0 aliphatic heterocycles. The molecule has 0 atom stereocenters. The number of rotatable bonds is 6. The van der Waals surface area contributed by atoms with E-state index in [0.29, 0.717) is 11.5 Å². The Bertz CT molecular complexity index is 728. The highest BCUT2D eigenvalue weighted by Crippen LogP contribution is 2.22. The van der Waals surface area contributed by atoms with Gasteiger partial charge in [-0.15, -0.1) is 0 Å². The Morgan fingerprint density at radius 1 is 1.13 bits per heavy atom. The summed E-state index contributed by atoms with van der Waals surface area (Å²) in [6, 6.07) is 10.4. The maximum Gasteiger partial charge on any atom is 0.337 e. The molecule has 0 aromatic heterocycles. The molecule has 120 valence electrons. The summed E-state index contributed by atoms with van der Waals surface area (Å²) in [5.41, 5.74) is -0.130. The number of phenols is 1. The zero-order valence-corrected chi connectivity index (χ0v) is 12.3. The van der Waals surface area contributed by atoms with Gasteiger partial charge >= 0.3 is 5.97 Å². The number of amides is 1. The Labute approximate surface area is 132 Å². The molecular weight excluding hydrogens is 302 g/mol. The molecule has 0 radical (unpaired) electrons. The van der Waals surface area contributed by atoms with Crippen molar-refractivity contribution in [2.75, 3.05) is 19.0 Å². The molecule has 0 bridgehead atoms. The number of phenolic OH excluding ortho intramolecular Hbond substituents is 1. The topological polar surface area (TPSA) is 105 Å². The van der Waals surface area contributed by atoms with E-state index in [1.54, 1.807) is 24.3 Å². The number of anilines is 1. The number of benzene rings is 2. The highest BCUT2D eigenvalue weighted by atomic mass is 16.5. The number of ether oxygens (including phenoxy) is 2. The van der Waals surface area contributed by atoms with Crippen LogP contribution < -0.4 is 14.8 Å². The first kappa shape index (κ1) is 16.2. The molecule has 0 saturated heterocycles. The van der Waals surface area contributed by atoms with Gasteiger partial charge in [0.25, 0.3) is 5.91 Å². The lowest BCUT2D eigenvalue weighted by Crippen LogP contribution is -2.21. The molecule has 0 unspecified atom stereocenters. The summed E-state index contributed by atoms with van der Waals surface area (Å²) < 4.78 is 10.4. The Kier molecular flexibility index (Phi) is 5.03. The van der Waals surface area contributed by atoms with E-state index >= 15 is 0 Å². The van der Waals surface area contributed by atoms with Crippen molar-refractivity contribution in [3.63, 3.8) is 0 Å². The van der Waals surface area contributed by atoms with E-state index in [1.165, 1.54) is 19.2 Å². The molecule has 0 aliphatic rings. The molecule has 0 saturated carbocycles. The third-order valence-corrected chi connectivity index (χ3v) is 2.92. The van der Waals surface area contributed by atoms with Crippen LogP contribution in [0.25, 0.3) is 0 Å². The van der Waals surface area contributed by atoms with E-state index in [-0.39, 0.29) is 23.6 Å². The van der Waals surface area contributed by atoms with Gasteiger partial charge in [0.1, 0.15) is 17.2 Å². The number of hydrogen-bond donors (Lipinski definition) is 3. The molecule has 7 nitrogen and oxygen atoms in total. The molecule has 2 aromatic rings. The van der Waals surface area contributed by atoms with Crippen molar-refractivity contribution in [1.29, 1.82) is 0 Å². The fourth-order valence-electron chi connectivity index (χ4n) is 1.84. The first-order chi connectivity index (χ1) is 11.0. The Morgan fingerprint density at radius 2 is 1.87 bits per heavy atom. The van der Waals surface area contributed by atoms with E-state index in [1.807, 2.05) is 0 Å². The van der Waals surface area contributed by atoms with Gasteiger partial charge in [-0.1, -0.05) is 6.07 Å². The predicted molar refractivity (Wildman–Crippen MR) is 82.2 cm³/mol. The van der Waals surface area contributed by atoms with Gasteiger partial charge < -0.3 is 25.0 Å². The summed E-state index contributed by atoms with van der Waals surface area (Å²) in [5, 5.41) is 20.8. The Morgan fingerprint density at radius 3 is 2.57 bits per heavy atom. The first-order valence-corrected chi connectivity index (χ1v) is 6.62. The number of carbonyl (C=O) groups is 2. The van der Waals surface area contributed by atoms with E-state index in [4.69, 9.17) is 14.6 Å². The summed E-state index contributed by atoms with van der Waals surface area (Å²) in [5.74, 6) is -0.947. The van der Waals surface area contributed by atoms with Crippen LogP contribution in [0.3, 0.4) is 0 Å². The number of carboxylic acid groups (broad SMARTS) is 1. The number of carbonyl (C=O) groups excluding carboxylic acids is 1. The molecule has 7 heteroatoms. The molecule has 3 N–H and O–H groups in total. The SMILES string of the molecule is COc1cccc(OCC(=O)Nc2ccc(O)cc2C(=O)O)c1. The zero-order valence-electron chi connectivity index (χ0n) is 12.3. The van der Waals surface area contributed by atoms with Gasteiger partial charge in [-0.25, -0.2) is 4.79 Å². The van der Waals surface area contributed by atoms with Crippen molar-refractivity contribution < 1.29 is 29.3 Å². The highest BCUT2D eigenvalue weighted by Gasteiger charge is 2.13. The highest BCUT2D eigenvalue weighted by molar-refractivity contribution is 6.01. The number of nitrogens with one attached hydrogen (secondary N) is 1. The smallest absolute Gasteiger partial charge is 0.337 e. The molecule has 23 heavy (non-hydrogen) atoms. The van der Waals surface area contributed by atoms with E-state index < -0.39 is 11.9 Å². The lowest BCUT2D eigenvalue weighted by atomic mass is 10.1. The second-order valence-corrected chi connectivity index (χ2v) is 4.55. The van der Waals surface area contributed by atoms with Crippen molar-refractivity contribution >= 4 is 17.6 Å². The number of aromatic hydroxyl groups is 1. The van der Waals surface area contributed by atoms with Gasteiger partial charge in [0.15, 0.2) is 6.61 Å². The van der Waals surface area contributed by atoms with Gasteiger partial charge in [0.05, 0.1) is 18.4 Å². The van der Waals surface area contributed by atoms with E-state index in [9.17, 15) is 14.7 Å². The van der Waals surface area contributed by atoms with Crippen molar-refractivity contribution in [3.8, 4) is 17.2 Å². The molecule has 2 rings (SSSR count). The zero-order chi connectivity index (χ0) is 16.8. The van der Waals surface area contributed by atoms with Crippen LogP contribution in [0.5, 0.6) is 17.2 Å². The van der Waals surface area contributed by atoms with Crippen LogP contribution in [0.2, 0.25) is 0 Å². The number of carboxylic acids is 1. The van der Waals surface area contributed by atoms with Gasteiger partial charge in [0.2, 0.25) is 0 Å². The van der Waals surface area contributed by atoms with Gasteiger partial charge in [-0.3, -0.25) is 4.79 Å². The Balaban J connectivity index is 2.01. The van der Waals surface area contributed by atoms with Crippen LogP contribution in [0.1, 0.15) is 10.4 Å². The standard InChI is InChI=1S/C16H15NO6/c1-22-11-3-2-4-12(8-11)23-9-15(19)17-14-6-5-10(18)7-13(14)16(20)21/h2-8,18H,9H2,1H3,(H,17,19)(H,20,21). The van der Waals surface area contributed by atoms with Crippen molar-refractivity contribution in [1.82, 2.24) is 0 Å². The number of hydrogen-bond acceptors (Lipinski definition) is 5. The monoisotopic (exact) mass is 317 g/mol. The largest absolute Gasteiger partial charge is 0.508 e. The third kappa shape index (κ3) is 4.37. The summed E-state index contributed by atoms with van der Waals surface area (Å²) >= 11 is 0. The molecule has 0 heterocycles. The van der Waals surface area contributed by atoms with E-state index in [0.717, 1.165) is 6.07 Å². The summed E-state index contributed by atoms with van der Waals surface area (Å²) in [6.07, 6.45) is 0. The van der Waals surface area contributed by atoms with Crippen LogP contribution in [-0.2, 0) is 4.79 Å². The quantitative estimate of drug-likeness (QED) is 0.705. The minimum absolute atomic E-state index is 0.0783. The van der Waals surface area contributed by atoms with Gasteiger partial charge in [-0.2, -0.15) is 0 Å². The summed E-state index contributed by atoms with van der Waals surface area (Å²) in [6.45, 7) is -0.299. The average molecular weight is 317 g/mol. The van der Waals surface area contributed by atoms with Crippen LogP contribution in [0.4, 0.5) is 5.69 Å². The maximum absolute atomic E-state index is 11.9. The molecule has 1 amide bonds. The fraction of sp³-hybridized carbons (Fsp3) is 0.125. The lowest BCUT2D eigenvalue weighted by Gasteiger charge is -2.10. The minimum atomic E-state index is -1.26. The normalized spacial score (nSPS) is 9.96. The van der Waals surface area contributed by atoms with Gasteiger partial charge in [0, 0.05) is 6.07 Å². The number of aromatic carboxylic acids is 1. The van der Waals surface area contributed by atoms with Crippen molar-refractivity contribution in [3.05, 3.63) is 48.0 Å². The minimum Gasteiger partial charge on any atom is -0.508 e. The van der Waals surface area contributed by atoms with Crippen LogP contribution in [0, 0.1) is 0 Å². The summed E-state index contributed by atoms with van der Waals surface area (Å²) in [4.78, 5) is 23.0. The van der Waals surface area contributed by atoms with Crippen LogP contribution in [-0.4, -0.2) is 35.8 Å². The molecule has 2 aromatic carbocycles. The molecule has 0 aliphatic carbocycles. The summed E-state index contributed by atoms with van der Waals surface area (Å²) in [7, 11) is 1.52. The number of methoxy groups -OCH3 is 1. The Hall–Kier alpha value is -3.22. The molecule has 0 fully saturated rings. The lowest BCUT2D eigenvalue weighted by molar-refractivity contribution is -0.118. The second-order valence-electron chi connectivity index (χ2n) is 4.55.